The third-order valence-electron chi connectivity index (χ3n) is 5.39. The van der Waals surface area contributed by atoms with Crippen molar-refractivity contribution in [2.24, 2.45) is 17.4 Å². The van der Waals surface area contributed by atoms with E-state index in [2.05, 4.69) is 0 Å². The predicted octanol–water partition coefficient (Wildman–Crippen LogP) is 2.57. The van der Waals surface area contributed by atoms with Crippen LogP contribution in [-0.4, -0.2) is 22.5 Å². The molecule has 0 radical (unpaired) electrons. The number of nitrogens with two attached hydrogens (primary N) is 2. The first-order valence-corrected chi connectivity index (χ1v) is 9.84. The molecule has 0 aliphatic rings. The van der Waals surface area contributed by atoms with E-state index in [1.54, 1.807) is 24.3 Å². The fourth-order valence-electron chi connectivity index (χ4n) is 4.12. The second kappa shape index (κ2) is 9.37. The average molecular weight is 402 g/mol. The van der Waals surface area contributed by atoms with Gasteiger partial charge in [0.15, 0.2) is 0 Å². The Balaban J connectivity index is 2.16. The summed E-state index contributed by atoms with van der Waals surface area (Å²) >= 11 is 0. The summed E-state index contributed by atoms with van der Waals surface area (Å²) in [5.41, 5.74) is 12.1. The van der Waals surface area contributed by atoms with Crippen LogP contribution in [0.1, 0.15) is 22.6 Å². The van der Waals surface area contributed by atoms with Crippen molar-refractivity contribution >= 4 is 11.8 Å². The number of hydrogen-bond acceptors (Lipinski definition) is 3. The van der Waals surface area contributed by atoms with Crippen molar-refractivity contribution in [3.05, 3.63) is 108 Å². The highest BCUT2D eigenvalue weighted by molar-refractivity contribution is 6.00. The summed E-state index contributed by atoms with van der Waals surface area (Å²) in [6, 6.07) is 27.9. The lowest BCUT2D eigenvalue weighted by Crippen LogP contribution is -2.51. The Morgan fingerprint density at radius 1 is 0.700 bits per heavy atom. The Morgan fingerprint density at radius 2 is 1.07 bits per heavy atom. The number of amides is 2. The summed E-state index contributed by atoms with van der Waals surface area (Å²) in [7, 11) is 0. The molecule has 0 saturated heterocycles. The molecule has 0 saturated carbocycles. The van der Waals surface area contributed by atoms with Crippen LogP contribution in [0, 0.1) is 5.92 Å². The minimum absolute atomic E-state index is 0.222. The van der Waals surface area contributed by atoms with Crippen LogP contribution in [-0.2, 0) is 22.4 Å². The monoisotopic (exact) mass is 402 g/mol. The van der Waals surface area contributed by atoms with Crippen LogP contribution in [0.15, 0.2) is 91.0 Å². The normalized spacial score (nSPS) is 12.5. The maximum atomic E-state index is 12.3. The molecule has 3 aromatic rings. The molecule has 0 aliphatic carbocycles. The molecule has 2 amide bonds. The smallest absolute Gasteiger partial charge is 0.230 e. The zero-order chi connectivity index (χ0) is 21.6. The van der Waals surface area contributed by atoms with Crippen LogP contribution < -0.4 is 11.5 Å². The van der Waals surface area contributed by atoms with Gasteiger partial charge in [0.1, 0.15) is 5.92 Å². The van der Waals surface area contributed by atoms with Gasteiger partial charge in [-0.05, 0) is 16.7 Å². The number of hydrogen-bond donors (Lipinski definition) is 3. The van der Waals surface area contributed by atoms with E-state index in [0.717, 1.165) is 11.1 Å². The molecule has 0 spiro atoms. The van der Waals surface area contributed by atoms with Crippen molar-refractivity contribution in [1.29, 1.82) is 0 Å². The van der Waals surface area contributed by atoms with E-state index < -0.39 is 29.3 Å². The van der Waals surface area contributed by atoms with Gasteiger partial charge in [0.05, 0.1) is 5.60 Å². The maximum absolute atomic E-state index is 12.3. The van der Waals surface area contributed by atoms with Crippen LogP contribution in [0.5, 0.6) is 0 Å². The van der Waals surface area contributed by atoms with Gasteiger partial charge >= 0.3 is 0 Å². The molecule has 5 N–H and O–H groups in total. The van der Waals surface area contributed by atoms with Crippen molar-refractivity contribution < 1.29 is 14.7 Å². The molecular weight excluding hydrogens is 376 g/mol. The summed E-state index contributed by atoms with van der Waals surface area (Å²) < 4.78 is 0. The highest BCUT2D eigenvalue weighted by Crippen LogP contribution is 2.40. The standard InChI is InChI=1S/C25H26N2O3/c26-23(28)21(24(27)29)22(20-14-8-3-9-15-20)25(30,16-18-10-4-1-5-11-18)17-19-12-6-2-7-13-19/h1-15,21-22,30H,16-17H2,(H2,26,28)(H2,27,29)/t22-/m0/s1. The largest absolute Gasteiger partial charge is 0.389 e. The van der Waals surface area contributed by atoms with E-state index in [1.807, 2.05) is 66.7 Å². The lowest BCUT2D eigenvalue weighted by molar-refractivity contribution is -0.136. The Labute approximate surface area is 176 Å². The molecule has 0 heterocycles. The van der Waals surface area contributed by atoms with E-state index >= 15 is 0 Å². The number of rotatable bonds is 9. The fourth-order valence-corrected chi connectivity index (χ4v) is 4.12. The van der Waals surface area contributed by atoms with E-state index in [9.17, 15) is 14.7 Å². The summed E-state index contributed by atoms with van der Waals surface area (Å²) in [5.74, 6) is -3.97. The molecule has 5 nitrogen and oxygen atoms in total. The van der Waals surface area contributed by atoms with Gasteiger partial charge < -0.3 is 16.6 Å². The third kappa shape index (κ3) is 4.93. The molecule has 0 unspecified atom stereocenters. The van der Waals surface area contributed by atoms with Gasteiger partial charge in [0.2, 0.25) is 11.8 Å². The lowest BCUT2D eigenvalue weighted by Gasteiger charge is -2.39. The number of aliphatic hydroxyl groups is 1. The second-order valence-electron chi connectivity index (χ2n) is 7.60. The number of benzene rings is 3. The van der Waals surface area contributed by atoms with Crippen LogP contribution in [0.25, 0.3) is 0 Å². The van der Waals surface area contributed by atoms with Crippen LogP contribution >= 0.6 is 0 Å². The minimum atomic E-state index is -1.49. The van der Waals surface area contributed by atoms with Gasteiger partial charge in [-0.3, -0.25) is 9.59 Å². The Hall–Kier alpha value is -3.44. The molecule has 0 bridgehead atoms. The predicted molar refractivity (Wildman–Crippen MR) is 116 cm³/mol. The Kier molecular flexibility index (Phi) is 6.65. The van der Waals surface area contributed by atoms with Crippen LogP contribution in [0.4, 0.5) is 0 Å². The summed E-state index contributed by atoms with van der Waals surface area (Å²) in [6.45, 7) is 0. The molecule has 154 valence electrons. The van der Waals surface area contributed by atoms with Gasteiger partial charge in [-0.25, -0.2) is 0 Å². The molecular formula is C25H26N2O3. The summed E-state index contributed by atoms with van der Waals surface area (Å²) in [6.07, 6.45) is 0.443. The summed E-state index contributed by atoms with van der Waals surface area (Å²) in [5, 5.41) is 12.1. The molecule has 0 aliphatic heterocycles. The highest BCUT2D eigenvalue weighted by Gasteiger charge is 2.47. The van der Waals surface area contributed by atoms with Crippen molar-refractivity contribution in [3.8, 4) is 0 Å². The van der Waals surface area contributed by atoms with E-state index in [1.165, 1.54) is 0 Å². The van der Waals surface area contributed by atoms with Gasteiger partial charge in [0.25, 0.3) is 0 Å². The third-order valence-corrected chi connectivity index (χ3v) is 5.39. The zero-order valence-corrected chi connectivity index (χ0v) is 16.6. The van der Waals surface area contributed by atoms with Gasteiger partial charge in [0, 0.05) is 18.8 Å². The Bertz CT molecular complexity index is 920. The van der Waals surface area contributed by atoms with Crippen molar-refractivity contribution in [1.82, 2.24) is 0 Å². The molecule has 3 aromatic carbocycles. The van der Waals surface area contributed by atoms with Gasteiger partial charge in [-0.15, -0.1) is 0 Å². The number of primary amides is 2. The SMILES string of the molecule is NC(=O)C(C(N)=O)[C@H](c1ccccc1)C(O)(Cc1ccccc1)Cc1ccccc1. The van der Waals surface area contributed by atoms with Gasteiger partial charge in [-0.2, -0.15) is 0 Å². The maximum Gasteiger partial charge on any atom is 0.230 e. The zero-order valence-electron chi connectivity index (χ0n) is 16.6. The van der Waals surface area contributed by atoms with E-state index in [-0.39, 0.29) is 12.8 Å². The first-order valence-electron chi connectivity index (χ1n) is 9.84. The molecule has 3 rings (SSSR count). The molecule has 0 aromatic heterocycles. The molecule has 1 atom stereocenters. The van der Waals surface area contributed by atoms with E-state index in [4.69, 9.17) is 11.5 Å². The second-order valence-corrected chi connectivity index (χ2v) is 7.60. The number of carbonyl (C=O) groups excluding carboxylic acids is 2. The first kappa shape index (κ1) is 21.3. The van der Waals surface area contributed by atoms with Crippen molar-refractivity contribution in [3.63, 3.8) is 0 Å². The Morgan fingerprint density at radius 3 is 1.43 bits per heavy atom. The first-order chi connectivity index (χ1) is 14.4. The molecule has 0 fully saturated rings. The summed E-state index contributed by atoms with van der Waals surface area (Å²) in [4.78, 5) is 24.6. The molecule has 5 heteroatoms. The fraction of sp³-hybridized carbons (Fsp3) is 0.200. The minimum Gasteiger partial charge on any atom is -0.389 e. The van der Waals surface area contributed by atoms with Crippen LogP contribution in [0.2, 0.25) is 0 Å². The average Bonchev–Trinajstić information content (AvgIpc) is 2.73. The van der Waals surface area contributed by atoms with Crippen molar-refractivity contribution in [2.75, 3.05) is 0 Å². The quantitative estimate of drug-likeness (QED) is 0.479. The topological polar surface area (TPSA) is 106 Å². The van der Waals surface area contributed by atoms with Gasteiger partial charge in [-0.1, -0.05) is 91.0 Å². The molecule has 30 heavy (non-hydrogen) atoms. The van der Waals surface area contributed by atoms with Crippen molar-refractivity contribution in [2.45, 2.75) is 24.4 Å². The lowest BCUT2D eigenvalue weighted by atomic mass is 9.68. The number of carbonyl (C=O) groups is 2. The highest BCUT2D eigenvalue weighted by atomic mass is 16.3. The van der Waals surface area contributed by atoms with E-state index in [0.29, 0.717) is 5.56 Å². The van der Waals surface area contributed by atoms with Crippen LogP contribution in [0.3, 0.4) is 0 Å².